The molecule has 76 valence electrons. The molecule has 1 heterocycles. The van der Waals surface area contributed by atoms with E-state index < -0.39 is 13.2 Å². The second-order valence-electron chi connectivity index (χ2n) is 3.58. The molecular weight excluding hydrogens is 263 g/mol. The van der Waals surface area contributed by atoms with Gasteiger partial charge in [0.05, 0.1) is 10.7 Å². The molecule has 1 saturated heterocycles. The van der Waals surface area contributed by atoms with Gasteiger partial charge in [-0.3, -0.25) is 0 Å². The van der Waals surface area contributed by atoms with Gasteiger partial charge in [-0.2, -0.15) is 0 Å². The molecule has 0 amide bonds. The highest BCUT2D eigenvalue weighted by Crippen LogP contribution is 2.59. The highest BCUT2D eigenvalue weighted by Gasteiger charge is 2.43. The number of hydrogen-bond acceptors (Lipinski definition) is 2. The van der Waals surface area contributed by atoms with Gasteiger partial charge in [0.15, 0.2) is 0 Å². The van der Waals surface area contributed by atoms with Gasteiger partial charge >= 0.3 is 0 Å². The van der Waals surface area contributed by atoms with E-state index in [4.69, 9.17) is 0 Å². The van der Waals surface area contributed by atoms with Gasteiger partial charge in [0, 0.05) is 11.5 Å². The number of hydrogen-bond donors (Lipinski definition) is 1. The van der Waals surface area contributed by atoms with Crippen LogP contribution in [0.4, 0.5) is 0 Å². The van der Waals surface area contributed by atoms with E-state index in [0.29, 0.717) is 12.6 Å². The zero-order valence-corrected chi connectivity index (χ0v) is 10.1. The molecular formula is C10H12BrO2P. The number of rotatable bonds is 1. The highest BCUT2D eigenvalue weighted by molar-refractivity contribution is 9.10. The summed E-state index contributed by atoms with van der Waals surface area (Å²) in [7, 11) is -2.40. The maximum atomic E-state index is 12.5. The number of halogens is 1. The Labute approximate surface area is 91.8 Å². The summed E-state index contributed by atoms with van der Waals surface area (Å²) in [4.78, 5) is 0. The molecule has 1 aromatic rings. The zero-order chi connectivity index (χ0) is 10.2. The zero-order valence-electron chi connectivity index (χ0n) is 7.64. The molecule has 1 aliphatic heterocycles. The van der Waals surface area contributed by atoms with Crippen molar-refractivity contribution in [2.75, 3.05) is 6.16 Å². The second-order valence-corrected chi connectivity index (χ2v) is 8.39. The molecule has 0 aliphatic carbocycles. The van der Waals surface area contributed by atoms with Crippen molar-refractivity contribution in [3.8, 4) is 0 Å². The topological polar surface area (TPSA) is 37.3 Å². The minimum absolute atomic E-state index is 0.266. The Balaban J connectivity index is 2.39. The minimum Gasteiger partial charge on any atom is -0.391 e. The summed E-state index contributed by atoms with van der Waals surface area (Å²) < 4.78 is 12.3. The van der Waals surface area contributed by atoms with E-state index in [1.165, 1.54) is 0 Å². The summed E-state index contributed by atoms with van der Waals surface area (Å²) >= 11 is 3.35. The summed E-state index contributed by atoms with van der Waals surface area (Å²) in [5.74, 6) is 0. The number of aliphatic hydroxyl groups excluding tert-OH is 1. The lowest BCUT2D eigenvalue weighted by Gasteiger charge is -2.17. The second kappa shape index (κ2) is 3.80. The summed E-state index contributed by atoms with van der Waals surface area (Å²) in [6.07, 6.45) is 0.761. The Kier molecular flexibility index (Phi) is 2.83. The largest absolute Gasteiger partial charge is 0.391 e. The van der Waals surface area contributed by atoms with Crippen molar-refractivity contribution in [1.82, 2.24) is 0 Å². The van der Waals surface area contributed by atoms with Crippen molar-refractivity contribution >= 4 is 28.4 Å². The Bertz CT molecular complexity index is 366. The molecule has 2 rings (SSSR count). The Hall–Kier alpha value is -0.110. The van der Waals surface area contributed by atoms with Crippen LogP contribution in [0.1, 0.15) is 6.42 Å². The molecule has 0 bridgehead atoms. The molecule has 0 aromatic heterocycles. The van der Waals surface area contributed by atoms with Gasteiger partial charge in [0.2, 0.25) is 0 Å². The molecule has 1 fully saturated rings. The number of benzene rings is 1. The van der Waals surface area contributed by atoms with E-state index in [9.17, 15) is 9.67 Å². The van der Waals surface area contributed by atoms with Gasteiger partial charge in [-0.05, 0) is 6.42 Å². The first-order valence-electron chi connectivity index (χ1n) is 4.61. The lowest BCUT2D eigenvalue weighted by molar-refractivity contribution is 0.196. The molecule has 3 atom stereocenters. The van der Waals surface area contributed by atoms with Crippen molar-refractivity contribution in [3.05, 3.63) is 30.3 Å². The summed E-state index contributed by atoms with van der Waals surface area (Å²) in [6.45, 7) is 0. The summed E-state index contributed by atoms with van der Waals surface area (Å²) in [5.41, 5.74) is 0. The third-order valence-electron chi connectivity index (χ3n) is 2.67. The van der Waals surface area contributed by atoms with Gasteiger partial charge in [0.1, 0.15) is 7.14 Å². The molecule has 1 aromatic carbocycles. The van der Waals surface area contributed by atoms with Crippen LogP contribution in [0.5, 0.6) is 0 Å². The summed E-state index contributed by atoms with van der Waals surface area (Å²) in [5, 5.41) is 10.4. The van der Waals surface area contributed by atoms with Crippen molar-refractivity contribution in [2.45, 2.75) is 17.1 Å². The first-order chi connectivity index (χ1) is 6.64. The van der Waals surface area contributed by atoms with E-state index >= 15 is 0 Å². The van der Waals surface area contributed by atoms with Crippen molar-refractivity contribution in [3.63, 3.8) is 0 Å². The van der Waals surface area contributed by atoms with E-state index in [0.717, 1.165) is 5.30 Å². The van der Waals surface area contributed by atoms with Gasteiger partial charge in [0.25, 0.3) is 0 Å². The van der Waals surface area contributed by atoms with Crippen LogP contribution in [-0.4, -0.2) is 21.9 Å². The third kappa shape index (κ3) is 1.58. The van der Waals surface area contributed by atoms with Crippen LogP contribution in [-0.2, 0) is 4.57 Å². The van der Waals surface area contributed by atoms with Crippen LogP contribution in [0, 0.1) is 0 Å². The van der Waals surface area contributed by atoms with Crippen LogP contribution in [0.15, 0.2) is 30.3 Å². The van der Waals surface area contributed by atoms with Crippen molar-refractivity contribution in [1.29, 1.82) is 0 Å². The first kappa shape index (κ1) is 10.4. The third-order valence-corrected chi connectivity index (χ3v) is 8.50. The average Bonchev–Trinajstić information content (AvgIpc) is 2.49. The molecule has 1 aliphatic rings. The van der Waals surface area contributed by atoms with Gasteiger partial charge in [-0.15, -0.1) is 0 Å². The normalized spacial score (nSPS) is 37.3. The predicted octanol–water partition coefficient (Wildman–Crippen LogP) is 2.16. The van der Waals surface area contributed by atoms with Crippen LogP contribution < -0.4 is 5.30 Å². The maximum Gasteiger partial charge on any atom is 0.131 e. The molecule has 14 heavy (non-hydrogen) atoms. The quantitative estimate of drug-likeness (QED) is 0.630. The maximum absolute atomic E-state index is 12.5. The van der Waals surface area contributed by atoms with Crippen LogP contribution in [0.3, 0.4) is 0 Å². The fraction of sp³-hybridized carbons (Fsp3) is 0.400. The van der Waals surface area contributed by atoms with E-state index in [1.807, 2.05) is 30.3 Å². The lowest BCUT2D eigenvalue weighted by Crippen LogP contribution is -2.16. The van der Waals surface area contributed by atoms with Gasteiger partial charge in [-0.1, -0.05) is 46.3 Å². The number of alkyl halides is 1. The average molecular weight is 275 g/mol. The fourth-order valence-electron chi connectivity index (χ4n) is 1.81. The van der Waals surface area contributed by atoms with E-state index in [-0.39, 0.29) is 4.57 Å². The molecule has 0 saturated carbocycles. The Morgan fingerprint density at radius 1 is 1.36 bits per heavy atom. The van der Waals surface area contributed by atoms with Crippen LogP contribution in [0.2, 0.25) is 0 Å². The Morgan fingerprint density at radius 2 is 2.00 bits per heavy atom. The van der Waals surface area contributed by atoms with Gasteiger partial charge in [-0.25, -0.2) is 0 Å². The Morgan fingerprint density at radius 3 is 2.50 bits per heavy atom. The van der Waals surface area contributed by atoms with Crippen molar-refractivity contribution in [2.24, 2.45) is 0 Å². The standard InChI is InChI=1S/C10H12BrO2P/c11-10-9(12)6-7-14(10,13)8-4-2-1-3-5-8/h1-5,9-10,12H,6-7H2/t9-,10-,14?/m1/s1. The van der Waals surface area contributed by atoms with Crippen LogP contribution >= 0.6 is 23.1 Å². The molecule has 2 nitrogen and oxygen atoms in total. The smallest absolute Gasteiger partial charge is 0.131 e. The first-order valence-corrected chi connectivity index (χ1v) is 7.49. The minimum atomic E-state index is -2.40. The highest BCUT2D eigenvalue weighted by atomic mass is 79.9. The van der Waals surface area contributed by atoms with Crippen molar-refractivity contribution < 1.29 is 9.67 Å². The lowest BCUT2D eigenvalue weighted by atomic mass is 10.3. The molecule has 4 heteroatoms. The van der Waals surface area contributed by atoms with Gasteiger partial charge < -0.3 is 9.67 Å². The SMILES string of the molecule is O=P1(c2ccccc2)CC[C@@H](O)[C@@H]1Br. The molecule has 1 N–H and O–H groups in total. The van der Waals surface area contributed by atoms with Crippen LogP contribution in [0.25, 0.3) is 0 Å². The molecule has 0 spiro atoms. The fourth-order valence-corrected chi connectivity index (χ4v) is 6.22. The monoisotopic (exact) mass is 274 g/mol. The predicted molar refractivity (Wildman–Crippen MR) is 61.9 cm³/mol. The van der Waals surface area contributed by atoms with E-state index in [2.05, 4.69) is 15.9 Å². The summed E-state index contributed by atoms with van der Waals surface area (Å²) in [6, 6.07) is 9.45. The van der Waals surface area contributed by atoms with E-state index in [1.54, 1.807) is 0 Å². The molecule has 1 unspecified atom stereocenters. The number of aliphatic hydroxyl groups is 1. The molecule has 0 radical (unpaired) electrons.